The number of Topliss-reactive ketones (excluding diaryl/α,β-unsaturated/α-hetero) is 1. The maximum atomic E-state index is 12.4. The lowest BCUT2D eigenvalue weighted by atomic mass is 10.1. The largest absolute Gasteiger partial charge is 0.291 e. The van der Waals surface area contributed by atoms with Crippen molar-refractivity contribution in [2.45, 2.75) is 31.6 Å². The van der Waals surface area contributed by atoms with E-state index >= 15 is 0 Å². The van der Waals surface area contributed by atoms with Crippen molar-refractivity contribution in [1.82, 2.24) is 4.90 Å². The third kappa shape index (κ3) is 3.29. The number of rotatable bonds is 3. The average molecular weight is 304 g/mol. The van der Waals surface area contributed by atoms with E-state index < -0.39 is 0 Å². The first-order valence-electron chi connectivity index (χ1n) is 6.07. The minimum Gasteiger partial charge on any atom is -0.291 e. The number of halogens is 1. The molecule has 0 N–H and O–H groups in total. The van der Waals surface area contributed by atoms with E-state index in [-0.39, 0.29) is 16.6 Å². The van der Waals surface area contributed by atoms with Crippen LogP contribution in [0.2, 0.25) is 4.34 Å². The molecule has 0 aliphatic carbocycles. The van der Waals surface area contributed by atoms with Gasteiger partial charge in [-0.3, -0.25) is 9.69 Å². The molecule has 0 bridgehead atoms. The van der Waals surface area contributed by atoms with Crippen molar-refractivity contribution in [2.75, 3.05) is 18.8 Å². The number of ketones is 1. The van der Waals surface area contributed by atoms with Crippen LogP contribution in [0.25, 0.3) is 0 Å². The van der Waals surface area contributed by atoms with E-state index in [4.69, 9.17) is 11.6 Å². The summed E-state index contributed by atoms with van der Waals surface area (Å²) in [6.07, 6.45) is 0. The molecule has 18 heavy (non-hydrogen) atoms. The van der Waals surface area contributed by atoms with Gasteiger partial charge in [0, 0.05) is 23.6 Å². The number of hydrogen-bond donors (Lipinski definition) is 0. The Bertz CT molecular complexity index is 444. The number of thiophene rings is 1. The predicted octanol–water partition coefficient (Wildman–Crippen LogP) is 3.80. The summed E-state index contributed by atoms with van der Waals surface area (Å²) < 4.78 is 0.917. The van der Waals surface area contributed by atoms with Gasteiger partial charge in [-0.25, -0.2) is 0 Å². The van der Waals surface area contributed by atoms with Gasteiger partial charge in [-0.15, -0.1) is 11.3 Å². The molecule has 0 aromatic carbocycles. The fraction of sp³-hybridized carbons (Fsp3) is 0.615. The molecule has 1 aliphatic rings. The highest BCUT2D eigenvalue weighted by atomic mass is 35.5. The van der Waals surface area contributed by atoms with Crippen LogP contribution in [-0.4, -0.2) is 40.3 Å². The lowest BCUT2D eigenvalue weighted by Gasteiger charge is -2.40. The Labute approximate surface area is 122 Å². The first kappa shape index (κ1) is 14.4. The van der Waals surface area contributed by atoms with E-state index in [1.807, 2.05) is 24.8 Å². The summed E-state index contributed by atoms with van der Waals surface area (Å²) in [5.74, 6) is 1.28. The minimum atomic E-state index is -0.0557. The number of carbonyl (C=O) groups excluding carboxylic acids is 1. The summed E-state index contributed by atoms with van der Waals surface area (Å²) in [6, 6.07) is 3.57. The van der Waals surface area contributed by atoms with Crippen LogP contribution in [0.4, 0.5) is 0 Å². The summed E-state index contributed by atoms with van der Waals surface area (Å²) >= 11 is 9.24. The van der Waals surface area contributed by atoms with Crippen molar-refractivity contribution in [3.05, 3.63) is 21.3 Å². The minimum absolute atomic E-state index is 0.0557. The lowest BCUT2D eigenvalue weighted by molar-refractivity contribution is 0.0836. The van der Waals surface area contributed by atoms with Crippen LogP contribution in [-0.2, 0) is 0 Å². The van der Waals surface area contributed by atoms with E-state index in [1.165, 1.54) is 11.3 Å². The van der Waals surface area contributed by atoms with E-state index in [2.05, 4.69) is 18.7 Å². The van der Waals surface area contributed by atoms with Crippen LogP contribution < -0.4 is 0 Å². The maximum Gasteiger partial charge on any atom is 0.189 e. The average Bonchev–Trinajstić information content (AvgIpc) is 2.72. The van der Waals surface area contributed by atoms with Crippen molar-refractivity contribution in [3.8, 4) is 0 Å². The molecule has 1 atom stereocenters. The highest BCUT2D eigenvalue weighted by Gasteiger charge is 2.32. The SMILES string of the molecule is CC(C(=O)c1ccc(Cl)s1)N1CCSC(C)(C)C1. The van der Waals surface area contributed by atoms with E-state index in [1.54, 1.807) is 6.07 Å². The topological polar surface area (TPSA) is 20.3 Å². The Morgan fingerprint density at radius 3 is 2.78 bits per heavy atom. The molecular weight excluding hydrogens is 286 g/mol. The molecule has 0 spiro atoms. The molecule has 100 valence electrons. The third-order valence-corrected chi connectivity index (χ3v) is 5.74. The summed E-state index contributed by atoms with van der Waals surface area (Å²) in [5.41, 5.74) is 0. The van der Waals surface area contributed by atoms with Crippen LogP contribution in [0.1, 0.15) is 30.4 Å². The van der Waals surface area contributed by atoms with Crippen molar-refractivity contribution >= 4 is 40.5 Å². The molecule has 2 heterocycles. The van der Waals surface area contributed by atoms with Gasteiger partial charge in [-0.05, 0) is 32.9 Å². The highest BCUT2D eigenvalue weighted by Crippen LogP contribution is 2.31. The van der Waals surface area contributed by atoms with Crippen molar-refractivity contribution in [1.29, 1.82) is 0 Å². The van der Waals surface area contributed by atoms with Crippen molar-refractivity contribution in [2.24, 2.45) is 0 Å². The van der Waals surface area contributed by atoms with Gasteiger partial charge in [0.2, 0.25) is 0 Å². The summed E-state index contributed by atoms with van der Waals surface area (Å²) in [5, 5.41) is 0. The molecule has 2 rings (SSSR count). The van der Waals surface area contributed by atoms with Crippen LogP contribution >= 0.6 is 34.7 Å². The quantitative estimate of drug-likeness (QED) is 0.792. The first-order chi connectivity index (χ1) is 8.39. The van der Waals surface area contributed by atoms with Crippen molar-refractivity contribution in [3.63, 3.8) is 0 Å². The van der Waals surface area contributed by atoms with Crippen LogP contribution in [0.3, 0.4) is 0 Å². The molecule has 1 unspecified atom stereocenters. The number of carbonyl (C=O) groups is 1. The van der Waals surface area contributed by atoms with Gasteiger partial charge in [-0.2, -0.15) is 11.8 Å². The fourth-order valence-corrected chi connectivity index (χ4v) is 4.40. The molecule has 1 aromatic rings. The Balaban J connectivity index is 2.07. The third-order valence-electron chi connectivity index (χ3n) is 3.20. The highest BCUT2D eigenvalue weighted by molar-refractivity contribution is 8.00. The molecule has 5 heteroatoms. The fourth-order valence-electron chi connectivity index (χ4n) is 2.20. The summed E-state index contributed by atoms with van der Waals surface area (Å²) in [4.78, 5) is 15.4. The number of hydrogen-bond acceptors (Lipinski definition) is 4. The molecule has 1 saturated heterocycles. The molecule has 2 nitrogen and oxygen atoms in total. The van der Waals surface area contributed by atoms with Gasteiger partial charge in [0.05, 0.1) is 15.3 Å². The first-order valence-corrected chi connectivity index (χ1v) is 8.25. The number of thioether (sulfide) groups is 1. The smallest absolute Gasteiger partial charge is 0.189 e. The molecule has 1 aliphatic heterocycles. The monoisotopic (exact) mass is 303 g/mol. The molecule has 1 aromatic heterocycles. The van der Waals surface area contributed by atoms with Gasteiger partial charge in [-0.1, -0.05) is 11.6 Å². The van der Waals surface area contributed by atoms with Crippen molar-refractivity contribution < 1.29 is 4.79 Å². The number of nitrogens with zero attached hydrogens (tertiary/aromatic N) is 1. The molecule has 0 radical (unpaired) electrons. The van der Waals surface area contributed by atoms with Gasteiger partial charge in [0.1, 0.15) is 0 Å². The van der Waals surface area contributed by atoms with Gasteiger partial charge in [0.15, 0.2) is 5.78 Å². The summed E-state index contributed by atoms with van der Waals surface area (Å²) in [6.45, 7) is 8.43. The zero-order valence-corrected chi connectivity index (χ0v) is 13.3. The second kappa shape index (κ2) is 5.53. The second-order valence-corrected chi connectivity index (χ2v) is 8.74. The van der Waals surface area contributed by atoms with E-state index in [0.717, 1.165) is 23.7 Å². The predicted molar refractivity (Wildman–Crippen MR) is 81.2 cm³/mol. The summed E-state index contributed by atoms with van der Waals surface area (Å²) in [7, 11) is 0. The Kier molecular flexibility index (Phi) is 4.42. The van der Waals surface area contributed by atoms with E-state index in [9.17, 15) is 4.79 Å². The zero-order chi connectivity index (χ0) is 13.3. The Morgan fingerprint density at radius 1 is 1.50 bits per heavy atom. The normalized spacial score (nSPS) is 21.8. The zero-order valence-electron chi connectivity index (χ0n) is 10.9. The van der Waals surface area contributed by atoms with Gasteiger partial charge >= 0.3 is 0 Å². The van der Waals surface area contributed by atoms with Crippen LogP contribution in [0.5, 0.6) is 0 Å². The standard InChI is InChI=1S/C13H18ClNOS2/c1-9(12(16)10-4-5-11(14)18-10)15-6-7-17-13(2,3)8-15/h4-5,9H,6-8H2,1-3H3. The van der Waals surface area contributed by atoms with Crippen LogP contribution in [0.15, 0.2) is 12.1 Å². The molecule has 1 fully saturated rings. The Hall–Kier alpha value is -0.0300. The van der Waals surface area contributed by atoms with E-state index in [0.29, 0.717) is 4.34 Å². The molecular formula is C13H18ClNOS2. The Morgan fingerprint density at radius 2 is 2.22 bits per heavy atom. The second-order valence-electron chi connectivity index (χ2n) is 5.22. The van der Waals surface area contributed by atoms with Gasteiger partial charge < -0.3 is 0 Å². The molecule has 0 saturated carbocycles. The molecule has 0 amide bonds. The van der Waals surface area contributed by atoms with Crippen LogP contribution in [0, 0.1) is 0 Å². The maximum absolute atomic E-state index is 12.4. The lowest BCUT2D eigenvalue weighted by Crippen LogP contribution is -2.49. The van der Waals surface area contributed by atoms with Gasteiger partial charge in [0.25, 0.3) is 0 Å².